The molecular formula is C24H39O2P. The first kappa shape index (κ1) is 22.4. The van der Waals surface area contributed by atoms with Crippen molar-refractivity contribution >= 4 is 12.7 Å². The molecule has 152 valence electrons. The van der Waals surface area contributed by atoms with Crippen LogP contribution in [0.5, 0.6) is 0 Å². The highest BCUT2D eigenvalue weighted by Gasteiger charge is 2.41. The quantitative estimate of drug-likeness (QED) is 0.301. The van der Waals surface area contributed by atoms with E-state index in [0.29, 0.717) is 6.16 Å². The van der Waals surface area contributed by atoms with Crippen LogP contribution >= 0.6 is 7.14 Å². The van der Waals surface area contributed by atoms with Gasteiger partial charge in [-0.05, 0) is 51.2 Å². The molecule has 0 bridgehead atoms. The predicted octanol–water partition coefficient (Wildman–Crippen LogP) is 7.81. The van der Waals surface area contributed by atoms with Crippen molar-refractivity contribution in [2.24, 2.45) is 0 Å². The van der Waals surface area contributed by atoms with Gasteiger partial charge in [0, 0.05) is 17.4 Å². The summed E-state index contributed by atoms with van der Waals surface area (Å²) in [5.74, 6) is 0. The van der Waals surface area contributed by atoms with Crippen LogP contribution in [-0.4, -0.2) is 17.3 Å². The highest BCUT2D eigenvalue weighted by molar-refractivity contribution is 7.81. The molecule has 1 atom stereocenters. The number of unbranched alkanes of at least 4 members (excludes halogenated alkanes) is 5. The van der Waals surface area contributed by atoms with Crippen molar-refractivity contribution in [1.29, 1.82) is 0 Å². The second-order valence-electron chi connectivity index (χ2n) is 8.66. The van der Waals surface area contributed by atoms with Gasteiger partial charge < -0.3 is 4.57 Å². The number of hydrogen-bond donors (Lipinski definition) is 0. The van der Waals surface area contributed by atoms with Gasteiger partial charge in [0.1, 0.15) is 0 Å². The molecule has 1 aromatic rings. The van der Waals surface area contributed by atoms with Gasteiger partial charge in [-0.2, -0.15) is 0 Å². The highest BCUT2D eigenvalue weighted by atomic mass is 31.2. The Morgan fingerprint density at radius 3 is 2.07 bits per heavy atom. The van der Waals surface area contributed by atoms with E-state index in [1.807, 2.05) is 13.8 Å². The van der Waals surface area contributed by atoms with Gasteiger partial charge in [-0.25, -0.2) is 0 Å². The Balaban J connectivity index is 2.21. The zero-order valence-electron chi connectivity index (χ0n) is 18.0. The lowest BCUT2D eigenvalue weighted by atomic mass is 10.0. The molecule has 0 amide bonds. The van der Waals surface area contributed by atoms with Crippen LogP contribution in [0.3, 0.4) is 0 Å². The minimum absolute atomic E-state index is 0.0158. The molecule has 1 aromatic carbocycles. The maximum Gasteiger partial charge on any atom is 0.222 e. The SMILES string of the molecule is CCCCCCCCP(=O)(C(=O)c1c(C)cc(C)cc1C)C1CCCCC1. The zero-order valence-corrected chi connectivity index (χ0v) is 18.9. The van der Waals surface area contributed by atoms with Crippen LogP contribution in [0.4, 0.5) is 0 Å². The summed E-state index contributed by atoms with van der Waals surface area (Å²) in [6.07, 6.45) is 13.1. The largest absolute Gasteiger partial charge is 0.315 e. The number of aryl methyl sites for hydroxylation is 3. The standard InChI is InChI=1S/C24H39O2P/c1-5-6-7-8-9-13-16-27(26,22-14-11-10-12-15-22)24(25)23-20(3)17-19(2)18-21(23)4/h17-18,22H,5-16H2,1-4H3. The van der Waals surface area contributed by atoms with Gasteiger partial charge in [0.05, 0.1) is 0 Å². The second-order valence-corrected chi connectivity index (χ2v) is 11.8. The molecule has 1 unspecified atom stereocenters. The Kier molecular flexibility index (Phi) is 8.80. The topological polar surface area (TPSA) is 34.1 Å². The Morgan fingerprint density at radius 1 is 0.926 bits per heavy atom. The van der Waals surface area contributed by atoms with Crippen molar-refractivity contribution < 1.29 is 9.36 Å². The van der Waals surface area contributed by atoms with Crippen molar-refractivity contribution in [3.05, 3.63) is 34.4 Å². The molecule has 27 heavy (non-hydrogen) atoms. The van der Waals surface area contributed by atoms with E-state index in [-0.39, 0.29) is 11.2 Å². The smallest absolute Gasteiger partial charge is 0.222 e. The fourth-order valence-electron chi connectivity index (χ4n) is 4.78. The summed E-state index contributed by atoms with van der Waals surface area (Å²) in [6.45, 7) is 8.29. The van der Waals surface area contributed by atoms with Crippen LogP contribution in [-0.2, 0) is 4.57 Å². The lowest BCUT2D eigenvalue weighted by Crippen LogP contribution is -2.22. The maximum atomic E-state index is 14.2. The van der Waals surface area contributed by atoms with Gasteiger partial charge in [-0.15, -0.1) is 0 Å². The first-order valence-corrected chi connectivity index (χ1v) is 13.1. The van der Waals surface area contributed by atoms with E-state index in [2.05, 4.69) is 26.0 Å². The third-order valence-electron chi connectivity index (χ3n) is 6.24. The molecule has 0 saturated heterocycles. The van der Waals surface area contributed by atoms with Gasteiger partial charge >= 0.3 is 0 Å². The summed E-state index contributed by atoms with van der Waals surface area (Å²) in [6, 6.07) is 4.13. The Hall–Kier alpha value is -0.880. The van der Waals surface area contributed by atoms with Gasteiger partial charge in [-0.1, -0.05) is 76.0 Å². The normalized spacial score (nSPS) is 17.6. The molecule has 1 aliphatic rings. The molecule has 0 N–H and O–H groups in total. The van der Waals surface area contributed by atoms with Crippen LogP contribution < -0.4 is 0 Å². The van der Waals surface area contributed by atoms with Crippen molar-refractivity contribution in [3.8, 4) is 0 Å². The van der Waals surface area contributed by atoms with E-state index in [1.165, 1.54) is 37.7 Å². The van der Waals surface area contributed by atoms with Crippen LogP contribution in [0, 0.1) is 20.8 Å². The molecule has 0 aliphatic heterocycles. The molecule has 3 heteroatoms. The van der Waals surface area contributed by atoms with Crippen molar-refractivity contribution in [2.75, 3.05) is 6.16 Å². The number of carbonyl (C=O) groups excluding carboxylic acids is 1. The molecule has 0 radical (unpaired) electrons. The van der Waals surface area contributed by atoms with E-state index in [4.69, 9.17) is 0 Å². The molecule has 0 spiro atoms. The van der Waals surface area contributed by atoms with E-state index in [9.17, 15) is 9.36 Å². The number of carbonyl (C=O) groups is 1. The first-order valence-electron chi connectivity index (χ1n) is 11.1. The molecule has 1 aliphatic carbocycles. The molecule has 2 nitrogen and oxygen atoms in total. The Morgan fingerprint density at radius 2 is 1.48 bits per heavy atom. The minimum Gasteiger partial charge on any atom is -0.315 e. The molecule has 2 rings (SSSR count). The molecular weight excluding hydrogens is 351 g/mol. The summed E-state index contributed by atoms with van der Waals surface area (Å²) in [4.78, 5) is 13.6. The minimum atomic E-state index is -2.87. The number of hydrogen-bond acceptors (Lipinski definition) is 2. The lowest BCUT2D eigenvalue weighted by molar-refractivity contribution is 0.107. The van der Waals surface area contributed by atoms with Crippen LogP contribution in [0.1, 0.15) is 105 Å². The van der Waals surface area contributed by atoms with Crippen LogP contribution in [0.25, 0.3) is 0 Å². The van der Waals surface area contributed by atoms with E-state index in [1.54, 1.807) is 0 Å². The number of benzene rings is 1. The molecule has 0 heterocycles. The first-order chi connectivity index (χ1) is 12.9. The highest BCUT2D eigenvalue weighted by Crippen LogP contribution is 2.59. The predicted molar refractivity (Wildman–Crippen MR) is 118 cm³/mol. The monoisotopic (exact) mass is 390 g/mol. The van der Waals surface area contributed by atoms with Gasteiger partial charge in [0.15, 0.2) is 7.14 Å². The van der Waals surface area contributed by atoms with Crippen molar-refractivity contribution in [3.63, 3.8) is 0 Å². The Bertz CT molecular complexity index is 648. The molecule has 1 fully saturated rings. The van der Waals surface area contributed by atoms with Gasteiger partial charge in [0.25, 0.3) is 0 Å². The summed E-state index contributed by atoms with van der Waals surface area (Å²) in [5, 5.41) is 0. The fraction of sp³-hybridized carbons (Fsp3) is 0.708. The average Bonchev–Trinajstić information content (AvgIpc) is 2.64. The van der Waals surface area contributed by atoms with Crippen molar-refractivity contribution in [1.82, 2.24) is 0 Å². The van der Waals surface area contributed by atoms with Crippen LogP contribution in [0.2, 0.25) is 0 Å². The van der Waals surface area contributed by atoms with E-state index >= 15 is 0 Å². The lowest BCUT2D eigenvalue weighted by Gasteiger charge is -2.30. The van der Waals surface area contributed by atoms with Gasteiger partial charge in [-0.3, -0.25) is 4.79 Å². The molecule has 1 saturated carbocycles. The second kappa shape index (κ2) is 10.6. The van der Waals surface area contributed by atoms with E-state index in [0.717, 1.165) is 55.2 Å². The third-order valence-corrected chi connectivity index (χ3v) is 9.83. The summed E-state index contributed by atoms with van der Waals surface area (Å²) in [5.41, 5.74) is 4.02. The summed E-state index contributed by atoms with van der Waals surface area (Å²) in [7, 11) is -2.87. The summed E-state index contributed by atoms with van der Waals surface area (Å²) < 4.78 is 14.2. The van der Waals surface area contributed by atoms with Crippen molar-refractivity contribution in [2.45, 2.75) is 104 Å². The summed E-state index contributed by atoms with van der Waals surface area (Å²) >= 11 is 0. The average molecular weight is 391 g/mol. The van der Waals surface area contributed by atoms with Gasteiger partial charge in [0.2, 0.25) is 5.52 Å². The Labute approximate surface area is 166 Å². The zero-order chi connectivity index (χ0) is 19.9. The number of rotatable bonds is 10. The molecule has 0 aromatic heterocycles. The van der Waals surface area contributed by atoms with Crippen LogP contribution in [0.15, 0.2) is 12.1 Å². The third kappa shape index (κ3) is 5.80. The fourth-order valence-corrected chi connectivity index (χ4v) is 8.31. The maximum absolute atomic E-state index is 14.2. The van der Waals surface area contributed by atoms with E-state index < -0.39 is 7.14 Å².